The highest BCUT2D eigenvalue weighted by molar-refractivity contribution is 5.54. The molecule has 0 saturated carbocycles. The van der Waals surface area contributed by atoms with Gasteiger partial charge in [0.15, 0.2) is 0 Å². The fraction of sp³-hybridized carbons (Fsp3) is 0.615. The maximum Gasteiger partial charge on any atom is 0.127 e. The van der Waals surface area contributed by atoms with Crippen LogP contribution in [0.3, 0.4) is 0 Å². The molecule has 0 bridgehead atoms. The lowest BCUT2D eigenvalue weighted by atomic mass is 10.1. The van der Waals surface area contributed by atoms with Gasteiger partial charge in [0.1, 0.15) is 5.82 Å². The summed E-state index contributed by atoms with van der Waals surface area (Å²) in [5.74, 6) is 0.953. The molecule has 88 valence electrons. The molecule has 0 spiro atoms. The fourth-order valence-electron chi connectivity index (χ4n) is 2.39. The summed E-state index contributed by atoms with van der Waals surface area (Å²) >= 11 is 0. The van der Waals surface area contributed by atoms with Gasteiger partial charge >= 0.3 is 0 Å². The zero-order chi connectivity index (χ0) is 11.4. The molecule has 1 aromatic rings. The first-order chi connectivity index (χ1) is 7.81. The molecule has 0 amide bonds. The third kappa shape index (κ3) is 2.46. The molecule has 1 fully saturated rings. The summed E-state index contributed by atoms with van der Waals surface area (Å²) in [6.45, 7) is 3.50. The van der Waals surface area contributed by atoms with Crippen LogP contribution in [-0.4, -0.2) is 24.6 Å². The van der Waals surface area contributed by atoms with Gasteiger partial charge in [0.25, 0.3) is 0 Å². The molecule has 1 aromatic heterocycles. The molecule has 0 aromatic carbocycles. The second-order valence-corrected chi connectivity index (χ2v) is 4.54. The molecule has 2 heterocycles. The summed E-state index contributed by atoms with van der Waals surface area (Å²) in [6, 6.07) is 4.90. The van der Waals surface area contributed by atoms with Crippen LogP contribution in [0.5, 0.6) is 0 Å². The maximum atomic E-state index is 4.26. The summed E-state index contributed by atoms with van der Waals surface area (Å²) in [5, 5.41) is 3.10. The third-order valence-corrected chi connectivity index (χ3v) is 3.38. The predicted octanol–water partition coefficient (Wildman–Crippen LogP) is 2.89. The number of pyridine rings is 1. The van der Waals surface area contributed by atoms with Gasteiger partial charge in [-0.15, -0.1) is 0 Å². The van der Waals surface area contributed by atoms with Gasteiger partial charge in [0.2, 0.25) is 0 Å². The molecular formula is C13H21N3. The Morgan fingerprint density at radius 3 is 3.06 bits per heavy atom. The monoisotopic (exact) mass is 219 g/mol. The SMILES string of the molecule is CNc1cc(N2CCCCCC2C)ccn1. The molecule has 0 radical (unpaired) electrons. The number of anilines is 2. The van der Waals surface area contributed by atoms with Crippen LogP contribution in [0, 0.1) is 0 Å². The highest BCUT2D eigenvalue weighted by Gasteiger charge is 2.17. The molecule has 1 atom stereocenters. The van der Waals surface area contributed by atoms with Crippen LogP contribution >= 0.6 is 0 Å². The zero-order valence-electron chi connectivity index (χ0n) is 10.2. The van der Waals surface area contributed by atoms with Crippen molar-refractivity contribution in [2.24, 2.45) is 0 Å². The molecule has 16 heavy (non-hydrogen) atoms. The molecule has 0 aliphatic carbocycles. The average molecular weight is 219 g/mol. The van der Waals surface area contributed by atoms with Crippen molar-refractivity contribution in [3.05, 3.63) is 18.3 Å². The maximum absolute atomic E-state index is 4.26. The third-order valence-electron chi connectivity index (χ3n) is 3.38. The van der Waals surface area contributed by atoms with Crippen molar-refractivity contribution in [1.82, 2.24) is 4.98 Å². The minimum absolute atomic E-state index is 0.648. The smallest absolute Gasteiger partial charge is 0.127 e. The summed E-state index contributed by atoms with van der Waals surface area (Å²) in [4.78, 5) is 6.77. The summed E-state index contributed by atoms with van der Waals surface area (Å²) in [7, 11) is 1.91. The van der Waals surface area contributed by atoms with Crippen molar-refractivity contribution in [3.63, 3.8) is 0 Å². The van der Waals surface area contributed by atoms with Crippen LogP contribution in [0.15, 0.2) is 18.3 Å². The van der Waals surface area contributed by atoms with Crippen LogP contribution in [0.4, 0.5) is 11.5 Å². The topological polar surface area (TPSA) is 28.2 Å². The van der Waals surface area contributed by atoms with Gasteiger partial charge < -0.3 is 10.2 Å². The van der Waals surface area contributed by atoms with E-state index < -0.39 is 0 Å². The van der Waals surface area contributed by atoms with Gasteiger partial charge in [-0.2, -0.15) is 0 Å². The van der Waals surface area contributed by atoms with E-state index in [-0.39, 0.29) is 0 Å². The van der Waals surface area contributed by atoms with E-state index in [4.69, 9.17) is 0 Å². The van der Waals surface area contributed by atoms with Crippen molar-refractivity contribution in [2.45, 2.75) is 38.6 Å². The van der Waals surface area contributed by atoms with Gasteiger partial charge in [-0.05, 0) is 25.8 Å². The molecule has 1 aliphatic heterocycles. The van der Waals surface area contributed by atoms with E-state index in [0.29, 0.717) is 6.04 Å². The molecule has 3 nitrogen and oxygen atoms in total. The quantitative estimate of drug-likeness (QED) is 0.829. The number of hydrogen-bond acceptors (Lipinski definition) is 3. The Kier molecular flexibility index (Phi) is 3.65. The number of aromatic nitrogens is 1. The first-order valence-electron chi connectivity index (χ1n) is 6.21. The van der Waals surface area contributed by atoms with Crippen molar-refractivity contribution >= 4 is 11.5 Å². The van der Waals surface area contributed by atoms with Gasteiger partial charge in [-0.3, -0.25) is 0 Å². The van der Waals surface area contributed by atoms with E-state index in [9.17, 15) is 0 Å². The molecule has 1 N–H and O–H groups in total. The lowest BCUT2D eigenvalue weighted by Crippen LogP contribution is -2.32. The Hall–Kier alpha value is -1.25. The van der Waals surface area contributed by atoms with Gasteiger partial charge in [-0.25, -0.2) is 4.98 Å². The van der Waals surface area contributed by atoms with Crippen LogP contribution in [0.25, 0.3) is 0 Å². The highest BCUT2D eigenvalue weighted by Crippen LogP contribution is 2.24. The first kappa shape index (κ1) is 11.2. The van der Waals surface area contributed by atoms with Gasteiger partial charge in [0, 0.05) is 37.6 Å². The highest BCUT2D eigenvalue weighted by atomic mass is 15.2. The van der Waals surface area contributed by atoms with Crippen molar-refractivity contribution < 1.29 is 0 Å². The normalized spacial score (nSPS) is 21.6. The van der Waals surface area contributed by atoms with E-state index in [1.54, 1.807) is 0 Å². The predicted molar refractivity (Wildman–Crippen MR) is 69.1 cm³/mol. The molecule has 3 heteroatoms. The van der Waals surface area contributed by atoms with Gasteiger partial charge in [0.05, 0.1) is 0 Å². The van der Waals surface area contributed by atoms with Crippen LogP contribution in [0.1, 0.15) is 32.6 Å². The Morgan fingerprint density at radius 2 is 2.25 bits per heavy atom. The Morgan fingerprint density at radius 1 is 1.38 bits per heavy atom. The lowest BCUT2D eigenvalue weighted by molar-refractivity contribution is 0.616. The molecule has 2 rings (SSSR count). The second kappa shape index (κ2) is 5.19. The first-order valence-corrected chi connectivity index (χ1v) is 6.21. The second-order valence-electron chi connectivity index (χ2n) is 4.54. The average Bonchev–Trinajstić information content (AvgIpc) is 2.54. The number of nitrogens with zero attached hydrogens (tertiary/aromatic N) is 2. The van der Waals surface area contributed by atoms with E-state index in [1.807, 2.05) is 13.2 Å². The van der Waals surface area contributed by atoms with Crippen LogP contribution in [0.2, 0.25) is 0 Å². The number of hydrogen-bond donors (Lipinski definition) is 1. The lowest BCUT2D eigenvalue weighted by Gasteiger charge is -2.29. The van der Waals surface area contributed by atoms with E-state index >= 15 is 0 Å². The van der Waals surface area contributed by atoms with Gasteiger partial charge in [-0.1, -0.05) is 12.8 Å². The van der Waals surface area contributed by atoms with Crippen molar-refractivity contribution in [2.75, 3.05) is 23.8 Å². The molecular weight excluding hydrogens is 198 g/mol. The summed E-state index contributed by atoms with van der Waals surface area (Å²) in [5.41, 5.74) is 1.30. The minimum Gasteiger partial charge on any atom is -0.373 e. The number of nitrogens with one attached hydrogen (secondary N) is 1. The summed E-state index contributed by atoms with van der Waals surface area (Å²) in [6.07, 6.45) is 7.23. The fourth-order valence-corrected chi connectivity index (χ4v) is 2.39. The molecule has 1 unspecified atom stereocenters. The standard InChI is InChI=1S/C13H21N3/c1-11-6-4-3-5-9-16(11)12-7-8-15-13(10-12)14-2/h7-8,10-11H,3-6,9H2,1-2H3,(H,14,15). The molecule has 1 saturated heterocycles. The summed E-state index contributed by atoms with van der Waals surface area (Å²) < 4.78 is 0. The molecule has 1 aliphatic rings. The Labute approximate surface area is 97.9 Å². The van der Waals surface area contributed by atoms with Crippen LogP contribution < -0.4 is 10.2 Å². The number of rotatable bonds is 2. The minimum atomic E-state index is 0.648. The Balaban J connectivity index is 2.19. The Bertz CT molecular complexity index is 338. The largest absolute Gasteiger partial charge is 0.373 e. The van der Waals surface area contributed by atoms with E-state index in [0.717, 1.165) is 5.82 Å². The van der Waals surface area contributed by atoms with Crippen molar-refractivity contribution in [1.29, 1.82) is 0 Å². The van der Waals surface area contributed by atoms with E-state index in [2.05, 4.69) is 34.3 Å². The zero-order valence-corrected chi connectivity index (χ0v) is 10.2. The van der Waals surface area contributed by atoms with Crippen LogP contribution in [-0.2, 0) is 0 Å². The van der Waals surface area contributed by atoms with Crippen molar-refractivity contribution in [3.8, 4) is 0 Å². The van der Waals surface area contributed by atoms with E-state index in [1.165, 1.54) is 37.9 Å².